The average Bonchev–Trinajstić information content (AvgIpc) is 3.57. The summed E-state index contributed by atoms with van der Waals surface area (Å²) in [7, 11) is 1.54. The first kappa shape index (κ1) is 28.7. The lowest BCUT2D eigenvalue weighted by atomic mass is 9.93. The van der Waals surface area contributed by atoms with Gasteiger partial charge in [-0.1, -0.05) is 87.8 Å². The van der Waals surface area contributed by atoms with E-state index >= 15 is 0 Å². The fourth-order valence-corrected chi connectivity index (χ4v) is 4.92. The lowest BCUT2D eigenvalue weighted by Gasteiger charge is -2.23. The molecule has 0 aliphatic rings. The van der Waals surface area contributed by atoms with Crippen LogP contribution in [0.15, 0.2) is 68.3 Å². The first-order valence-corrected chi connectivity index (χ1v) is 13.9. The van der Waals surface area contributed by atoms with Gasteiger partial charge in [0.2, 0.25) is 5.78 Å². The highest BCUT2D eigenvalue weighted by Gasteiger charge is 2.23. The summed E-state index contributed by atoms with van der Waals surface area (Å²) >= 11 is 0. The van der Waals surface area contributed by atoms with Crippen molar-refractivity contribution < 1.29 is 9.36 Å². The second-order valence-corrected chi connectivity index (χ2v) is 11.2. The molecular formula is C31H35N7O4. The van der Waals surface area contributed by atoms with Gasteiger partial charge in [0.05, 0.1) is 18.5 Å². The molecule has 0 spiro atoms. The molecule has 5 rings (SSSR count). The van der Waals surface area contributed by atoms with Crippen LogP contribution in [0.25, 0.3) is 34.5 Å². The molecule has 2 N–H and O–H groups in total. The number of nitrogens with one attached hydrogen (secondary N) is 2. The number of allylic oxidation sites excluding steroid dienone is 1. The van der Waals surface area contributed by atoms with Gasteiger partial charge in [-0.05, 0) is 30.0 Å². The third kappa shape index (κ3) is 5.68. The van der Waals surface area contributed by atoms with Crippen LogP contribution in [0.5, 0.6) is 0 Å². The largest absolute Gasteiger partial charge is 0.439 e. The third-order valence-corrected chi connectivity index (χ3v) is 7.03. The van der Waals surface area contributed by atoms with E-state index in [1.165, 1.54) is 0 Å². The molecule has 0 radical (unpaired) electrons. The fourth-order valence-electron chi connectivity index (χ4n) is 4.92. The zero-order valence-electron chi connectivity index (χ0n) is 24.7. The number of hydroxylamine groups is 1. The van der Waals surface area contributed by atoms with Crippen LogP contribution < -0.4 is 16.8 Å². The maximum absolute atomic E-state index is 14.2. The lowest BCUT2D eigenvalue weighted by molar-refractivity contribution is 0.101. The highest BCUT2D eigenvalue weighted by molar-refractivity contribution is 5.80. The average molecular weight is 570 g/mol. The second kappa shape index (κ2) is 11.6. The smallest absolute Gasteiger partial charge is 0.296 e. The molecule has 3 heterocycles. The molecule has 0 fully saturated rings. The highest BCUT2D eigenvalue weighted by Crippen LogP contribution is 2.30. The highest BCUT2D eigenvalue weighted by atomic mass is 16.6. The van der Waals surface area contributed by atoms with E-state index in [4.69, 9.17) is 9.36 Å². The van der Waals surface area contributed by atoms with Crippen molar-refractivity contribution in [2.24, 2.45) is 5.41 Å². The van der Waals surface area contributed by atoms with E-state index in [0.29, 0.717) is 35.8 Å². The van der Waals surface area contributed by atoms with Gasteiger partial charge in [0.1, 0.15) is 5.82 Å². The summed E-state index contributed by atoms with van der Waals surface area (Å²) in [5.41, 5.74) is 8.25. The molecule has 0 amide bonds. The van der Waals surface area contributed by atoms with E-state index in [1.54, 1.807) is 22.4 Å². The van der Waals surface area contributed by atoms with Gasteiger partial charge in [0.15, 0.2) is 5.82 Å². The van der Waals surface area contributed by atoms with Crippen LogP contribution in [0.3, 0.4) is 0 Å². The molecule has 218 valence electrons. The molecule has 0 aliphatic carbocycles. The number of nitrogens with zero attached hydrogens (tertiary/aromatic N) is 5. The van der Waals surface area contributed by atoms with Crippen molar-refractivity contribution >= 4 is 12.0 Å². The molecule has 0 aliphatic heterocycles. The van der Waals surface area contributed by atoms with E-state index in [0.717, 1.165) is 40.1 Å². The van der Waals surface area contributed by atoms with Crippen LogP contribution >= 0.6 is 0 Å². The van der Waals surface area contributed by atoms with E-state index < -0.39 is 5.76 Å². The van der Waals surface area contributed by atoms with E-state index in [-0.39, 0.29) is 11.0 Å². The molecule has 0 atom stereocenters. The molecular weight excluding hydrogens is 534 g/mol. The topological polar surface area (TPSA) is 132 Å². The van der Waals surface area contributed by atoms with Crippen molar-refractivity contribution in [3.05, 3.63) is 97.8 Å². The van der Waals surface area contributed by atoms with E-state index in [9.17, 15) is 9.59 Å². The molecule has 0 saturated carbocycles. The second-order valence-electron chi connectivity index (χ2n) is 11.2. The maximum Gasteiger partial charge on any atom is 0.439 e. The van der Waals surface area contributed by atoms with Crippen molar-refractivity contribution in [3.63, 3.8) is 0 Å². The first-order chi connectivity index (χ1) is 20.1. The zero-order valence-corrected chi connectivity index (χ0v) is 24.7. The summed E-state index contributed by atoms with van der Waals surface area (Å²) in [5, 5.41) is 8.53. The van der Waals surface area contributed by atoms with Crippen molar-refractivity contribution in [2.45, 2.75) is 53.9 Å². The molecule has 0 saturated heterocycles. The van der Waals surface area contributed by atoms with Crippen molar-refractivity contribution in [1.29, 1.82) is 0 Å². The Morgan fingerprint density at radius 1 is 1.10 bits per heavy atom. The molecule has 11 nitrogen and oxygen atoms in total. The van der Waals surface area contributed by atoms with Gasteiger partial charge in [-0.2, -0.15) is 10.1 Å². The summed E-state index contributed by atoms with van der Waals surface area (Å²) in [5.74, 6) is 0.805. The minimum absolute atomic E-state index is 0.151. The van der Waals surface area contributed by atoms with Gasteiger partial charge < -0.3 is 0 Å². The Morgan fingerprint density at radius 2 is 1.81 bits per heavy atom. The van der Waals surface area contributed by atoms with Crippen LogP contribution in [-0.2, 0) is 17.7 Å². The summed E-state index contributed by atoms with van der Waals surface area (Å²) in [6.45, 7) is 10.0. The van der Waals surface area contributed by atoms with Crippen LogP contribution in [0.4, 0.5) is 0 Å². The number of benzene rings is 2. The van der Waals surface area contributed by atoms with Gasteiger partial charge in [0.25, 0.3) is 5.56 Å². The maximum atomic E-state index is 14.2. The third-order valence-electron chi connectivity index (χ3n) is 7.03. The standard InChI is InChI=1S/C31H35N7O4/c1-7-10-25-24(28(39)37(29-32-19(2)34-38(25)29)18-26(35-41-6)31(3,4)5)17-20-13-15-21(16-14-20)22-11-8-9-12-23(22)27-33-30(40)42-36-27/h8-9,11-16,18,35H,7,10,17H2,1-6H3,(H,33,36,40). The van der Waals surface area contributed by atoms with Gasteiger partial charge >= 0.3 is 5.76 Å². The number of H-pyrrole nitrogens is 1. The fraction of sp³-hybridized carbons (Fsp3) is 0.323. The number of hydrogen-bond acceptors (Lipinski definition) is 8. The van der Waals surface area contributed by atoms with Crippen LogP contribution in [-0.4, -0.2) is 36.4 Å². The molecule has 11 heteroatoms. The van der Waals surface area contributed by atoms with Gasteiger partial charge in [-0.3, -0.25) is 24.6 Å². The molecule has 0 bridgehead atoms. The normalized spacial score (nSPS) is 12.3. The predicted octanol–water partition coefficient (Wildman–Crippen LogP) is 4.75. The van der Waals surface area contributed by atoms with Crippen molar-refractivity contribution in [3.8, 4) is 22.5 Å². The number of aromatic nitrogens is 6. The number of fused-ring (bicyclic) bond motifs is 1. The number of rotatable bonds is 9. The Hall–Kier alpha value is -4.77. The Bertz CT molecular complexity index is 1870. The number of aromatic amines is 1. The van der Waals surface area contributed by atoms with Crippen molar-refractivity contribution in [1.82, 2.24) is 34.8 Å². The summed E-state index contributed by atoms with van der Waals surface area (Å²) in [6.07, 6.45) is 3.69. The van der Waals surface area contributed by atoms with E-state index in [2.05, 4.69) is 32.6 Å². The summed E-state index contributed by atoms with van der Waals surface area (Å²) < 4.78 is 8.07. The first-order valence-electron chi connectivity index (χ1n) is 13.9. The van der Waals surface area contributed by atoms with E-state index in [1.807, 2.05) is 76.2 Å². The molecule has 42 heavy (non-hydrogen) atoms. The number of hydrogen-bond donors (Lipinski definition) is 2. The Kier molecular flexibility index (Phi) is 7.95. The Labute approximate surface area is 242 Å². The molecule has 5 aromatic rings. The Morgan fingerprint density at radius 3 is 2.43 bits per heavy atom. The number of aryl methyl sites for hydroxylation is 2. The van der Waals surface area contributed by atoms with Gasteiger partial charge in [-0.15, -0.1) is 0 Å². The van der Waals surface area contributed by atoms with Crippen LogP contribution in [0.1, 0.15) is 56.8 Å². The zero-order chi connectivity index (χ0) is 30.0. The van der Waals surface area contributed by atoms with Crippen molar-refractivity contribution in [2.75, 3.05) is 7.11 Å². The quantitative estimate of drug-likeness (QED) is 0.243. The molecule has 2 aromatic carbocycles. The van der Waals surface area contributed by atoms with Crippen LogP contribution in [0, 0.1) is 12.3 Å². The monoisotopic (exact) mass is 569 g/mol. The van der Waals surface area contributed by atoms with Gasteiger partial charge in [-0.25, -0.2) is 13.9 Å². The van der Waals surface area contributed by atoms with Crippen LogP contribution in [0.2, 0.25) is 0 Å². The Balaban J connectivity index is 1.60. The summed E-state index contributed by atoms with van der Waals surface area (Å²) in [4.78, 5) is 38.2. The lowest BCUT2D eigenvalue weighted by Crippen LogP contribution is -2.30. The van der Waals surface area contributed by atoms with Gasteiger partial charge in [0, 0.05) is 29.2 Å². The molecule has 3 aromatic heterocycles. The summed E-state index contributed by atoms with van der Waals surface area (Å²) in [6, 6.07) is 15.7. The molecule has 0 unspecified atom stereocenters. The minimum Gasteiger partial charge on any atom is -0.296 e. The predicted molar refractivity (Wildman–Crippen MR) is 161 cm³/mol. The minimum atomic E-state index is -0.606. The SMILES string of the molecule is CCCc1c(Cc2ccc(-c3ccccc3-c3noc(=O)[nH]3)cc2)c(=O)n(C=C(NOC)C(C)(C)C)c2nc(C)nn12.